The normalized spacial score (nSPS) is 13.2. The van der Waals surface area contributed by atoms with Gasteiger partial charge in [-0.1, -0.05) is 12.5 Å². The number of aliphatic hydroxyl groups is 1. The molecule has 1 saturated carbocycles. The standard InChI is InChI=1S/C30H35F2N7O4/c1-42-26-13-22-25(14-27(26)43-12-4-9-38(10-11-40)16-20-5-2-6-20)33-19-34-30(22)36-21-15-35-39(17-21)18-28(41)37-24-8-3-7-23(31)29(24)32/h3,7-8,13-15,17,19-20,40H,2,4-6,9-12,16,18H2,1H3,(H,37,41)(H,33,34,36). The van der Waals surface area contributed by atoms with Crippen LogP contribution in [-0.2, 0) is 11.3 Å². The lowest BCUT2D eigenvalue weighted by Gasteiger charge is -2.32. The van der Waals surface area contributed by atoms with Gasteiger partial charge in [-0.3, -0.25) is 9.48 Å². The van der Waals surface area contributed by atoms with Gasteiger partial charge >= 0.3 is 0 Å². The van der Waals surface area contributed by atoms with Crippen LogP contribution < -0.4 is 20.1 Å². The lowest BCUT2D eigenvalue weighted by atomic mass is 9.85. The number of aliphatic hydroxyl groups excluding tert-OH is 1. The van der Waals surface area contributed by atoms with Gasteiger partial charge < -0.3 is 30.1 Å². The second kappa shape index (κ2) is 14.2. The van der Waals surface area contributed by atoms with Gasteiger partial charge in [-0.15, -0.1) is 0 Å². The second-order valence-electron chi connectivity index (χ2n) is 10.5. The van der Waals surface area contributed by atoms with Crippen molar-refractivity contribution in [1.82, 2.24) is 24.6 Å². The molecule has 43 heavy (non-hydrogen) atoms. The summed E-state index contributed by atoms with van der Waals surface area (Å²) in [5.74, 6) is -0.398. The van der Waals surface area contributed by atoms with E-state index in [-0.39, 0.29) is 18.8 Å². The Labute approximate surface area is 247 Å². The predicted octanol–water partition coefficient (Wildman–Crippen LogP) is 4.36. The number of nitrogens with zero attached hydrogens (tertiary/aromatic N) is 5. The molecule has 0 unspecified atom stereocenters. The number of amides is 1. The zero-order chi connectivity index (χ0) is 30.2. The molecule has 0 atom stereocenters. The van der Waals surface area contributed by atoms with Gasteiger partial charge in [-0.2, -0.15) is 5.10 Å². The van der Waals surface area contributed by atoms with Crippen molar-refractivity contribution in [2.45, 2.75) is 32.2 Å². The van der Waals surface area contributed by atoms with Gasteiger partial charge in [-0.25, -0.2) is 18.7 Å². The van der Waals surface area contributed by atoms with Crippen LogP contribution in [0.25, 0.3) is 10.9 Å². The molecular weight excluding hydrogens is 560 g/mol. The fourth-order valence-electron chi connectivity index (χ4n) is 4.97. The molecule has 0 aliphatic heterocycles. The van der Waals surface area contributed by atoms with E-state index >= 15 is 0 Å². The van der Waals surface area contributed by atoms with Gasteiger partial charge in [0, 0.05) is 37.3 Å². The van der Waals surface area contributed by atoms with Crippen molar-refractivity contribution in [3.8, 4) is 11.5 Å². The van der Waals surface area contributed by atoms with Crippen molar-refractivity contribution in [3.63, 3.8) is 0 Å². The van der Waals surface area contributed by atoms with E-state index in [1.807, 2.05) is 0 Å². The molecule has 5 rings (SSSR count). The molecule has 13 heteroatoms. The first kappa shape index (κ1) is 30.1. The zero-order valence-electron chi connectivity index (χ0n) is 23.9. The van der Waals surface area contributed by atoms with Gasteiger partial charge in [0.2, 0.25) is 5.91 Å². The first-order valence-corrected chi connectivity index (χ1v) is 14.3. The third kappa shape index (κ3) is 7.73. The van der Waals surface area contributed by atoms with Crippen molar-refractivity contribution in [2.75, 3.05) is 50.6 Å². The molecule has 2 heterocycles. The molecule has 4 aromatic rings. The Kier molecular flexibility index (Phi) is 9.95. The van der Waals surface area contributed by atoms with Crippen molar-refractivity contribution >= 4 is 34.0 Å². The number of carbonyl (C=O) groups excluding carboxylic acids is 1. The van der Waals surface area contributed by atoms with E-state index in [0.29, 0.717) is 47.1 Å². The molecule has 2 aromatic carbocycles. The summed E-state index contributed by atoms with van der Waals surface area (Å²) in [6, 6.07) is 7.17. The van der Waals surface area contributed by atoms with E-state index in [4.69, 9.17) is 9.47 Å². The minimum absolute atomic E-state index is 0.149. The number of nitrogens with one attached hydrogen (secondary N) is 2. The lowest BCUT2D eigenvalue weighted by Crippen LogP contribution is -2.35. The number of carbonyl (C=O) groups is 1. The monoisotopic (exact) mass is 595 g/mol. The Morgan fingerprint density at radius 2 is 2.05 bits per heavy atom. The van der Waals surface area contributed by atoms with Crippen LogP contribution in [0.15, 0.2) is 49.1 Å². The molecule has 0 spiro atoms. The third-order valence-electron chi connectivity index (χ3n) is 7.38. The van der Waals surface area contributed by atoms with Gasteiger partial charge in [0.1, 0.15) is 18.7 Å². The number of anilines is 3. The molecule has 11 nitrogen and oxygen atoms in total. The number of fused-ring (bicyclic) bond motifs is 1. The number of hydrogen-bond acceptors (Lipinski definition) is 9. The SMILES string of the molecule is COc1cc2c(Nc3cnn(CC(=O)Nc4cccc(F)c4F)c3)ncnc2cc1OCCCN(CCO)CC1CCC1. The Bertz CT molecular complexity index is 1550. The fourth-order valence-corrected chi connectivity index (χ4v) is 4.97. The largest absolute Gasteiger partial charge is 0.493 e. The number of methoxy groups -OCH3 is 1. The molecule has 0 radical (unpaired) electrons. The first-order valence-electron chi connectivity index (χ1n) is 14.3. The Balaban J connectivity index is 1.20. The van der Waals surface area contributed by atoms with E-state index in [1.54, 1.807) is 25.4 Å². The van der Waals surface area contributed by atoms with Crippen LogP contribution in [0.2, 0.25) is 0 Å². The van der Waals surface area contributed by atoms with Crippen LogP contribution in [0.4, 0.5) is 26.0 Å². The van der Waals surface area contributed by atoms with Crippen LogP contribution in [0.3, 0.4) is 0 Å². The molecule has 3 N–H and O–H groups in total. The number of halogens is 2. The highest BCUT2D eigenvalue weighted by molar-refractivity contribution is 5.93. The summed E-state index contributed by atoms with van der Waals surface area (Å²) in [6.45, 7) is 2.96. The third-order valence-corrected chi connectivity index (χ3v) is 7.38. The maximum Gasteiger partial charge on any atom is 0.246 e. The second-order valence-corrected chi connectivity index (χ2v) is 10.5. The van der Waals surface area contributed by atoms with Crippen molar-refractivity contribution < 1.29 is 28.2 Å². The van der Waals surface area contributed by atoms with Crippen LogP contribution >= 0.6 is 0 Å². The van der Waals surface area contributed by atoms with Gasteiger partial charge in [-0.05, 0) is 43.4 Å². The Morgan fingerprint density at radius 1 is 1.19 bits per heavy atom. The maximum absolute atomic E-state index is 13.9. The fraction of sp³-hybridized carbons (Fsp3) is 0.400. The van der Waals surface area contributed by atoms with E-state index < -0.39 is 17.5 Å². The average Bonchev–Trinajstić information content (AvgIpc) is 3.41. The lowest BCUT2D eigenvalue weighted by molar-refractivity contribution is -0.116. The predicted molar refractivity (Wildman–Crippen MR) is 158 cm³/mol. The molecule has 1 aliphatic rings. The summed E-state index contributed by atoms with van der Waals surface area (Å²) >= 11 is 0. The summed E-state index contributed by atoms with van der Waals surface area (Å²) in [7, 11) is 1.57. The molecular formula is C30H35F2N7O4. The quantitative estimate of drug-likeness (QED) is 0.172. The summed E-state index contributed by atoms with van der Waals surface area (Å²) in [6.07, 6.45) is 9.19. The number of aromatic nitrogens is 4. The topological polar surface area (TPSA) is 127 Å². The molecule has 2 aromatic heterocycles. The van der Waals surface area contributed by atoms with Crippen LogP contribution in [0.1, 0.15) is 25.7 Å². The molecule has 0 saturated heterocycles. The highest BCUT2D eigenvalue weighted by Crippen LogP contribution is 2.35. The minimum atomic E-state index is -1.12. The number of ether oxygens (including phenoxy) is 2. The van der Waals surface area contributed by atoms with Crippen LogP contribution in [0.5, 0.6) is 11.5 Å². The van der Waals surface area contributed by atoms with Crippen LogP contribution in [0, 0.1) is 17.6 Å². The van der Waals surface area contributed by atoms with E-state index in [2.05, 4.69) is 30.6 Å². The summed E-state index contributed by atoms with van der Waals surface area (Å²) < 4.78 is 40.3. The van der Waals surface area contributed by atoms with Crippen LogP contribution in [-0.4, -0.2) is 75.6 Å². The summed E-state index contributed by atoms with van der Waals surface area (Å²) in [5, 5.41) is 19.8. The minimum Gasteiger partial charge on any atom is -0.493 e. The van der Waals surface area contributed by atoms with Gasteiger partial charge in [0.25, 0.3) is 0 Å². The van der Waals surface area contributed by atoms with Gasteiger partial charge in [0.05, 0.1) is 43.4 Å². The highest BCUT2D eigenvalue weighted by Gasteiger charge is 2.20. The Hall–Kier alpha value is -4.36. The zero-order valence-corrected chi connectivity index (χ0v) is 23.9. The average molecular weight is 596 g/mol. The molecule has 1 aliphatic carbocycles. The van der Waals surface area contributed by atoms with Crippen molar-refractivity contribution in [3.05, 3.63) is 60.7 Å². The smallest absolute Gasteiger partial charge is 0.246 e. The number of rotatable bonds is 15. The molecule has 1 amide bonds. The van der Waals surface area contributed by atoms with E-state index in [1.165, 1.54) is 48.6 Å². The number of benzene rings is 2. The molecule has 0 bridgehead atoms. The summed E-state index contributed by atoms with van der Waals surface area (Å²) in [4.78, 5) is 23.4. The highest BCUT2D eigenvalue weighted by atomic mass is 19.2. The first-order chi connectivity index (χ1) is 20.9. The Morgan fingerprint density at radius 3 is 2.81 bits per heavy atom. The van der Waals surface area contributed by atoms with Crippen molar-refractivity contribution in [2.24, 2.45) is 5.92 Å². The van der Waals surface area contributed by atoms with E-state index in [9.17, 15) is 18.7 Å². The summed E-state index contributed by atoms with van der Waals surface area (Å²) in [5.41, 5.74) is 0.954. The van der Waals surface area contributed by atoms with E-state index in [0.717, 1.165) is 31.5 Å². The molecule has 1 fully saturated rings. The van der Waals surface area contributed by atoms with Gasteiger partial charge in [0.15, 0.2) is 23.1 Å². The number of hydrogen-bond donors (Lipinski definition) is 3. The van der Waals surface area contributed by atoms with Crippen molar-refractivity contribution in [1.29, 1.82) is 0 Å². The maximum atomic E-state index is 13.9. The molecule has 228 valence electrons.